The van der Waals surface area contributed by atoms with E-state index in [1.165, 1.54) is 0 Å². The number of hydrogen-bond acceptors (Lipinski definition) is 3. The number of hydrogen-bond donors (Lipinski definition) is 1. The van der Waals surface area contributed by atoms with Crippen LogP contribution in [0.2, 0.25) is 0 Å². The van der Waals surface area contributed by atoms with Crippen LogP contribution in [-0.2, 0) is 16.1 Å². The van der Waals surface area contributed by atoms with E-state index in [9.17, 15) is 27.9 Å². The van der Waals surface area contributed by atoms with Crippen LogP contribution < -0.4 is 0 Å². The molecule has 0 bridgehead atoms. The second-order valence-electron chi connectivity index (χ2n) is 6.35. The Morgan fingerprint density at radius 3 is 2.42 bits per heavy atom. The number of benzene rings is 1. The third-order valence-electron chi connectivity index (χ3n) is 4.93. The number of carboxylic acid groups (broad SMARTS) is 1. The van der Waals surface area contributed by atoms with Gasteiger partial charge in [-0.05, 0) is 12.0 Å². The lowest BCUT2D eigenvalue weighted by Crippen LogP contribution is -2.69. The van der Waals surface area contributed by atoms with Crippen molar-refractivity contribution in [1.29, 1.82) is 0 Å². The van der Waals surface area contributed by atoms with Crippen LogP contribution in [0.25, 0.3) is 0 Å². The molecule has 2 aliphatic heterocycles. The minimum Gasteiger partial charge on any atom is -0.481 e. The van der Waals surface area contributed by atoms with E-state index in [2.05, 4.69) is 0 Å². The van der Waals surface area contributed by atoms with Gasteiger partial charge in [-0.25, -0.2) is 0 Å². The number of carboxylic acids is 1. The number of amides is 1. The second kappa shape index (κ2) is 5.77. The molecule has 0 unspecified atom stereocenters. The Morgan fingerprint density at radius 1 is 1.25 bits per heavy atom. The summed E-state index contributed by atoms with van der Waals surface area (Å²) in [5.74, 6) is -4.12. The number of aliphatic carboxylic acids is 1. The summed E-state index contributed by atoms with van der Waals surface area (Å²) in [4.78, 5) is 25.7. The van der Waals surface area contributed by atoms with Crippen molar-refractivity contribution in [2.45, 2.75) is 24.7 Å². The summed E-state index contributed by atoms with van der Waals surface area (Å²) in [6, 6.07) is 9.29. The largest absolute Gasteiger partial charge is 0.481 e. The van der Waals surface area contributed by atoms with Gasteiger partial charge >= 0.3 is 18.1 Å². The Morgan fingerprint density at radius 2 is 1.92 bits per heavy atom. The van der Waals surface area contributed by atoms with E-state index in [1.807, 2.05) is 35.2 Å². The van der Waals surface area contributed by atoms with E-state index in [4.69, 9.17) is 0 Å². The molecule has 5 nitrogen and oxygen atoms in total. The summed E-state index contributed by atoms with van der Waals surface area (Å²) < 4.78 is 38.3. The first-order chi connectivity index (χ1) is 11.2. The van der Waals surface area contributed by atoms with Crippen molar-refractivity contribution in [3.63, 3.8) is 0 Å². The van der Waals surface area contributed by atoms with Gasteiger partial charge in [-0.3, -0.25) is 14.5 Å². The van der Waals surface area contributed by atoms with Gasteiger partial charge in [0.25, 0.3) is 0 Å². The van der Waals surface area contributed by atoms with Gasteiger partial charge in [0.15, 0.2) is 0 Å². The first kappa shape index (κ1) is 16.8. The topological polar surface area (TPSA) is 60.9 Å². The second-order valence-corrected chi connectivity index (χ2v) is 6.35. The minimum absolute atomic E-state index is 0.0543. The first-order valence-corrected chi connectivity index (χ1v) is 7.62. The van der Waals surface area contributed by atoms with Crippen LogP contribution in [-0.4, -0.2) is 58.1 Å². The standard InChI is InChI=1S/C16H17F3N2O3/c17-16(18,19)14(24)21-7-6-15(21)10-20(9-12(15)13(22)23)8-11-4-2-1-3-5-11/h1-5,12H,6-10H2,(H,22,23)/t12-,15+/m0/s1. The molecule has 1 aromatic carbocycles. The van der Waals surface area contributed by atoms with Crippen molar-refractivity contribution in [2.24, 2.45) is 5.92 Å². The van der Waals surface area contributed by atoms with Crippen molar-refractivity contribution in [3.05, 3.63) is 35.9 Å². The Kier molecular flexibility index (Phi) is 4.03. The van der Waals surface area contributed by atoms with Gasteiger partial charge < -0.3 is 10.0 Å². The third kappa shape index (κ3) is 2.75. The van der Waals surface area contributed by atoms with Gasteiger partial charge in [-0.1, -0.05) is 30.3 Å². The monoisotopic (exact) mass is 342 g/mol. The summed E-state index contributed by atoms with van der Waals surface area (Å²) in [6.07, 6.45) is -4.71. The maximum Gasteiger partial charge on any atom is 0.471 e. The average Bonchev–Trinajstić information content (AvgIpc) is 2.88. The van der Waals surface area contributed by atoms with Gasteiger partial charge in [-0.15, -0.1) is 0 Å². The molecule has 2 saturated heterocycles. The highest BCUT2D eigenvalue weighted by molar-refractivity contribution is 5.85. The number of rotatable bonds is 3. The molecule has 0 aliphatic carbocycles. The molecule has 8 heteroatoms. The zero-order valence-electron chi connectivity index (χ0n) is 12.8. The highest BCUT2D eigenvalue weighted by Gasteiger charge is 2.63. The molecule has 2 atom stereocenters. The molecule has 2 aliphatic rings. The Labute approximate surface area is 136 Å². The molecule has 1 spiro atoms. The van der Waals surface area contributed by atoms with Crippen molar-refractivity contribution < 1.29 is 27.9 Å². The SMILES string of the molecule is O=C(O)[C@@H]1CN(Cc2ccccc2)C[C@]12CCN2C(=O)C(F)(F)F. The normalized spacial score (nSPS) is 27.3. The molecule has 0 aromatic heterocycles. The highest BCUT2D eigenvalue weighted by Crippen LogP contribution is 2.45. The number of nitrogens with zero attached hydrogens (tertiary/aromatic N) is 2. The van der Waals surface area contributed by atoms with Gasteiger partial charge in [0.05, 0.1) is 11.5 Å². The average molecular weight is 342 g/mol. The summed E-state index contributed by atoms with van der Waals surface area (Å²) in [5, 5.41) is 9.45. The van der Waals surface area contributed by atoms with Gasteiger partial charge in [0, 0.05) is 26.2 Å². The molecular formula is C16H17F3N2O3. The van der Waals surface area contributed by atoms with E-state index >= 15 is 0 Å². The molecule has 0 saturated carbocycles. The molecule has 1 N–H and O–H groups in total. The van der Waals surface area contributed by atoms with Crippen molar-refractivity contribution in [2.75, 3.05) is 19.6 Å². The number of halogens is 3. The number of alkyl halides is 3. The molecule has 0 radical (unpaired) electrons. The minimum atomic E-state index is -4.98. The lowest BCUT2D eigenvalue weighted by atomic mass is 9.76. The summed E-state index contributed by atoms with van der Waals surface area (Å²) >= 11 is 0. The number of likely N-dealkylation sites (tertiary alicyclic amines) is 2. The molecule has 3 rings (SSSR count). The van der Waals surface area contributed by atoms with Crippen molar-refractivity contribution in [1.82, 2.24) is 9.80 Å². The molecule has 24 heavy (non-hydrogen) atoms. The highest BCUT2D eigenvalue weighted by atomic mass is 19.4. The van der Waals surface area contributed by atoms with E-state index < -0.39 is 29.5 Å². The van der Waals surface area contributed by atoms with Crippen molar-refractivity contribution in [3.8, 4) is 0 Å². The van der Waals surface area contributed by atoms with Crippen LogP contribution in [0.4, 0.5) is 13.2 Å². The van der Waals surface area contributed by atoms with E-state index in [0.717, 1.165) is 5.56 Å². The first-order valence-electron chi connectivity index (χ1n) is 7.62. The molecule has 1 amide bonds. The summed E-state index contributed by atoms with van der Waals surface area (Å²) in [6.45, 7) is 0.661. The quantitative estimate of drug-likeness (QED) is 0.909. The Hall–Kier alpha value is -2.09. The van der Waals surface area contributed by atoms with E-state index in [1.54, 1.807) is 0 Å². The maximum absolute atomic E-state index is 12.8. The predicted molar refractivity (Wildman–Crippen MR) is 78.0 cm³/mol. The summed E-state index contributed by atoms with van der Waals surface area (Å²) in [7, 11) is 0. The Balaban J connectivity index is 1.81. The third-order valence-corrected chi connectivity index (χ3v) is 4.93. The Bertz CT molecular complexity index is 650. The number of carbonyl (C=O) groups is 2. The lowest BCUT2D eigenvalue weighted by molar-refractivity contribution is -0.203. The van der Waals surface area contributed by atoms with Gasteiger partial charge in [0.2, 0.25) is 0 Å². The molecule has 130 valence electrons. The number of carbonyl (C=O) groups excluding carboxylic acids is 1. The summed E-state index contributed by atoms with van der Waals surface area (Å²) in [5.41, 5.74) is -0.306. The van der Waals surface area contributed by atoms with Crippen LogP contribution >= 0.6 is 0 Å². The van der Waals surface area contributed by atoms with Crippen LogP contribution in [0.15, 0.2) is 30.3 Å². The predicted octanol–water partition coefficient (Wildman–Crippen LogP) is 1.74. The van der Waals surface area contributed by atoms with Crippen LogP contribution in [0.1, 0.15) is 12.0 Å². The molecule has 1 aromatic rings. The smallest absolute Gasteiger partial charge is 0.471 e. The zero-order chi connectivity index (χ0) is 17.5. The van der Waals surface area contributed by atoms with Crippen LogP contribution in [0, 0.1) is 5.92 Å². The fraction of sp³-hybridized carbons (Fsp3) is 0.500. The van der Waals surface area contributed by atoms with Gasteiger partial charge in [0.1, 0.15) is 0 Å². The van der Waals surface area contributed by atoms with E-state index in [0.29, 0.717) is 11.4 Å². The van der Waals surface area contributed by atoms with E-state index in [-0.39, 0.29) is 26.1 Å². The molecular weight excluding hydrogens is 325 g/mol. The fourth-order valence-corrected chi connectivity index (χ4v) is 3.75. The molecule has 2 heterocycles. The maximum atomic E-state index is 12.8. The van der Waals surface area contributed by atoms with Crippen LogP contribution in [0.5, 0.6) is 0 Å². The van der Waals surface area contributed by atoms with Gasteiger partial charge in [-0.2, -0.15) is 13.2 Å². The van der Waals surface area contributed by atoms with Crippen molar-refractivity contribution >= 4 is 11.9 Å². The van der Waals surface area contributed by atoms with Crippen LogP contribution in [0.3, 0.4) is 0 Å². The molecule has 2 fully saturated rings. The lowest BCUT2D eigenvalue weighted by Gasteiger charge is -2.52. The fourth-order valence-electron chi connectivity index (χ4n) is 3.75. The zero-order valence-corrected chi connectivity index (χ0v) is 12.8.